The van der Waals surface area contributed by atoms with Gasteiger partial charge in [0.1, 0.15) is 0 Å². The average Bonchev–Trinajstić information content (AvgIpc) is 2.32. The molecule has 0 fully saturated rings. The highest BCUT2D eigenvalue weighted by molar-refractivity contribution is 5.77. The van der Waals surface area contributed by atoms with Crippen molar-refractivity contribution in [2.45, 2.75) is 45.7 Å². The molecule has 0 aromatic heterocycles. The van der Waals surface area contributed by atoms with Crippen molar-refractivity contribution in [2.24, 2.45) is 0 Å². The van der Waals surface area contributed by atoms with Gasteiger partial charge in [-0.15, -0.1) is 0 Å². The minimum atomic E-state index is 0.280. The molecule has 0 aliphatic carbocycles. The second-order valence-corrected chi connectivity index (χ2v) is 3.42. The number of carbonyl (C=O) groups is 1. The number of hydrogen-bond acceptors (Lipinski definition) is 1. The van der Waals surface area contributed by atoms with Gasteiger partial charge in [0.05, 0.1) is 0 Å². The number of rotatable bonds is 2. The summed E-state index contributed by atoms with van der Waals surface area (Å²) in [6, 6.07) is 0.582. The highest BCUT2D eigenvalue weighted by Gasteiger charge is 2.25. The largest absolute Gasteiger partial charge is 0.330 e. The topological polar surface area (TPSA) is 20.3 Å². The molecule has 12 heavy (non-hydrogen) atoms. The summed E-state index contributed by atoms with van der Waals surface area (Å²) in [6.07, 6.45) is 5.81. The molecule has 0 N–H and O–H groups in total. The molecule has 0 aromatic carbocycles. The minimum absolute atomic E-state index is 0.280. The average molecular weight is 167 g/mol. The van der Waals surface area contributed by atoms with Crippen molar-refractivity contribution in [3.8, 4) is 0 Å². The Morgan fingerprint density at radius 3 is 2.25 bits per heavy atom. The summed E-state index contributed by atoms with van der Waals surface area (Å²) in [5.41, 5.74) is 0. The van der Waals surface area contributed by atoms with Gasteiger partial charge in [0.2, 0.25) is 5.91 Å². The molecule has 1 amide bonds. The van der Waals surface area contributed by atoms with Gasteiger partial charge in [0.15, 0.2) is 0 Å². The summed E-state index contributed by atoms with van der Waals surface area (Å²) >= 11 is 0. The van der Waals surface area contributed by atoms with Crippen molar-refractivity contribution in [3.05, 3.63) is 12.2 Å². The third-order valence-corrected chi connectivity index (χ3v) is 2.30. The molecule has 1 aliphatic heterocycles. The molecule has 2 atom stereocenters. The first-order valence-corrected chi connectivity index (χ1v) is 4.66. The number of amides is 1. The summed E-state index contributed by atoms with van der Waals surface area (Å²) in [5.74, 6) is 0.280. The predicted molar refractivity (Wildman–Crippen MR) is 49.8 cm³/mol. The van der Waals surface area contributed by atoms with Crippen LogP contribution < -0.4 is 0 Å². The molecule has 1 rings (SSSR count). The quantitative estimate of drug-likeness (QED) is 0.576. The standard InChI is InChI=1S/C10H17NO/c1-4-5-10(12)11-8(2)6-7-9(11)3/h6-9H,4-5H2,1-3H3. The molecule has 2 nitrogen and oxygen atoms in total. The molecule has 0 spiro atoms. The van der Waals surface area contributed by atoms with Crippen LogP contribution in [0.3, 0.4) is 0 Å². The first kappa shape index (κ1) is 9.30. The van der Waals surface area contributed by atoms with Crippen molar-refractivity contribution in [1.82, 2.24) is 4.90 Å². The van der Waals surface area contributed by atoms with E-state index in [1.165, 1.54) is 0 Å². The van der Waals surface area contributed by atoms with Crippen LogP contribution in [-0.4, -0.2) is 22.9 Å². The van der Waals surface area contributed by atoms with E-state index in [0.29, 0.717) is 18.5 Å². The molecule has 0 radical (unpaired) electrons. The third kappa shape index (κ3) is 1.68. The normalized spacial score (nSPS) is 28.1. The van der Waals surface area contributed by atoms with Crippen LogP contribution in [0.15, 0.2) is 12.2 Å². The van der Waals surface area contributed by atoms with E-state index < -0.39 is 0 Å². The molecular formula is C10H17NO. The highest BCUT2D eigenvalue weighted by atomic mass is 16.2. The molecular weight excluding hydrogens is 150 g/mol. The van der Waals surface area contributed by atoms with Crippen LogP contribution in [-0.2, 0) is 4.79 Å². The van der Waals surface area contributed by atoms with Crippen LogP contribution in [0.4, 0.5) is 0 Å². The molecule has 1 aliphatic rings. The maximum atomic E-state index is 11.6. The van der Waals surface area contributed by atoms with Crippen LogP contribution in [0.2, 0.25) is 0 Å². The van der Waals surface area contributed by atoms with E-state index in [4.69, 9.17) is 0 Å². The Balaban J connectivity index is 2.57. The third-order valence-electron chi connectivity index (χ3n) is 2.30. The fraction of sp³-hybridized carbons (Fsp3) is 0.700. The first-order chi connectivity index (χ1) is 5.66. The van der Waals surface area contributed by atoms with Crippen LogP contribution >= 0.6 is 0 Å². The Kier molecular flexibility index (Phi) is 2.90. The first-order valence-electron chi connectivity index (χ1n) is 4.66. The van der Waals surface area contributed by atoms with Gasteiger partial charge in [-0.25, -0.2) is 0 Å². The van der Waals surface area contributed by atoms with Crippen molar-refractivity contribution < 1.29 is 4.79 Å². The van der Waals surface area contributed by atoms with Gasteiger partial charge >= 0.3 is 0 Å². The summed E-state index contributed by atoms with van der Waals surface area (Å²) in [6.45, 7) is 6.16. The number of hydrogen-bond donors (Lipinski definition) is 0. The fourth-order valence-corrected chi connectivity index (χ4v) is 1.68. The van der Waals surface area contributed by atoms with Gasteiger partial charge in [0.25, 0.3) is 0 Å². The van der Waals surface area contributed by atoms with E-state index in [9.17, 15) is 4.79 Å². The molecule has 0 aromatic rings. The molecule has 0 saturated carbocycles. The second kappa shape index (κ2) is 3.74. The van der Waals surface area contributed by atoms with E-state index in [0.717, 1.165) is 6.42 Å². The number of nitrogens with zero attached hydrogens (tertiary/aromatic N) is 1. The predicted octanol–water partition coefficient (Wildman–Crippen LogP) is 1.96. The van der Waals surface area contributed by atoms with E-state index in [1.807, 2.05) is 11.8 Å². The minimum Gasteiger partial charge on any atom is -0.330 e. The van der Waals surface area contributed by atoms with Gasteiger partial charge < -0.3 is 4.90 Å². The smallest absolute Gasteiger partial charge is 0.223 e. The van der Waals surface area contributed by atoms with E-state index in [1.54, 1.807) is 0 Å². The Morgan fingerprint density at radius 1 is 1.33 bits per heavy atom. The SMILES string of the molecule is CCCC(=O)N1C(C)C=CC1C. The van der Waals surface area contributed by atoms with E-state index in [-0.39, 0.29) is 5.91 Å². The lowest BCUT2D eigenvalue weighted by Crippen LogP contribution is -2.39. The van der Waals surface area contributed by atoms with E-state index >= 15 is 0 Å². The van der Waals surface area contributed by atoms with Crippen LogP contribution in [0, 0.1) is 0 Å². The zero-order chi connectivity index (χ0) is 9.14. The monoisotopic (exact) mass is 167 g/mol. The summed E-state index contributed by atoms with van der Waals surface area (Å²) < 4.78 is 0. The second-order valence-electron chi connectivity index (χ2n) is 3.42. The fourth-order valence-electron chi connectivity index (χ4n) is 1.68. The Labute approximate surface area is 74.2 Å². The zero-order valence-electron chi connectivity index (χ0n) is 8.08. The van der Waals surface area contributed by atoms with Crippen LogP contribution in [0.5, 0.6) is 0 Å². The molecule has 0 bridgehead atoms. The summed E-state index contributed by atoms with van der Waals surface area (Å²) in [5, 5.41) is 0. The lowest BCUT2D eigenvalue weighted by Gasteiger charge is -2.26. The highest BCUT2D eigenvalue weighted by Crippen LogP contribution is 2.17. The van der Waals surface area contributed by atoms with Crippen LogP contribution in [0.25, 0.3) is 0 Å². The maximum Gasteiger partial charge on any atom is 0.223 e. The van der Waals surface area contributed by atoms with Gasteiger partial charge in [-0.2, -0.15) is 0 Å². The molecule has 2 unspecified atom stereocenters. The lowest BCUT2D eigenvalue weighted by molar-refractivity contribution is -0.133. The molecule has 1 heterocycles. The molecule has 0 saturated heterocycles. The molecule has 2 heteroatoms. The maximum absolute atomic E-state index is 11.6. The van der Waals surface area contributed by atoms with Gasteiger partial charge in [0, 0.05) is 18.5 Å². The Morgan fingerprint density at radius 2 is 1.83 bits per heavy atom. The molecule has 68 valence electrons. The Bertz CT molecular complexity index is 186. The van der Waals surface area contributed by atoms with Crippen molar-refractivity contribution in [1.29, 1.82) is 0 Å². The van der Waals surface area contributed by atoms with Crippen LogP contribution in [0.1, 0.15) is 33.6 Å². The lowest BCUT2D eigenvalue weighted by atomic mass is 10.2. The Hall–Kier alpha value is -0.790. The van der Waals surface area contributed by atoms with Crippen molar-refractivity contribution >= 4 is 5.91 Å². The summed E-state index contributed by atoms with van der Waals surface area (Å²) in [7, 11) is 0. The van der Waals surface area contributed by atoms with Gasteiger partial charge in [-0.05, 0) is 20.3 Å². The van der Waals surface area contributed by atoms with Gasteiger partial charge in [-0.1, -0.05) is 19.1 Å². The van der Waals surface area contributed by atoms with Crippen molar-refractivity contribution in [2.75, 3.05) is 0 Å². The zero-order valence-corrected chi connectivity index (χ0v) is 8.08. The van der Waals surface area contributed by atoms with Gasteiger partial charge in [-0.3, -0.25) is 4.79 Å². The van der Waals surface area contributed by atoms with Crippen molar-refractivity contribution in [3.63, 3.8) is 0 Å². The summed E-state index contributed by atoms with van der Waals surface area (Å²) in [4.78, 5) is 13.5. The van der Waals surface area contributed by atoms with E-state index in [2.05, 4.69) is 26.0 Å². The number of carbonyl (C=O) groups excluding carboxylic acids is 1.